The molecule has 0 unspecified atom stereocenters. The molecule has 0 spiro atoms. The van der Waals surface area contributed by atoms with E-state index in [1.54, 1.807) is 0 Å². The molecule has 0 aliphatic carbocycles. The van der Waals surface area contributed by atoms with Crippen LogP contribution in [0, 0.1) is 0 Å². The molecule has 3 heteroatoms. The summed E-state index contributed by atoms with van der Waals surface area (Å²) in [4.78, 5) is 0. The van der Waals surface area contributed by atoms with Gasteiger partial charge in [-0.2, -0.15) is 0 Å². The highest BCUT2D eigenvalue weighted by molar-refractivity contribution is 7.26. The third kappa shape index (κ3) is 3.56. The van der Waals surface area contributed by atoms with Gasteiger partial charge >= 0.3 is 0 Å². The number of thiophene rings is 1. The molecule has 0 saturated carbocycles. The molecular weight excluding hydrogens is 567 g/mol. The van der Waals surface area contributed by atoms with Gasteiger partial charge in [-0.15, -0.1) is 11.3 Å². The normalized spacial score (nSPS) is 12.0. The maximum Gasteiger partial charge on any atom is 0.159 e. The third-order valence-corrected chi connectivity index (χ3v) is 10.4. The van der Waals surface area contributed by atoms with Crippen LogP contribution < -0.4 is 0 Å². The first kappa shape index (κ1) is 24.8. The molecule has 210 valence electrons. The average molecular weight is 592 g/mol. The highest BCUT2D eigenvalue weighted by Crippen LogP contribution is 2.45. The van der Waals surface area contributed by atoms with Crippen molar-refractivity contribution in [3.63, 3.8) is 0 Å². The number of fused-ring (bicyclic) bond motifs is 10. The van der Waals surface area contributed by atoms with Crippen molar-refractivity contribution in [1.82, 2.24) is 4.57 Å². The largest absolute Gasteiger partial charge is 0.453 e. The highest BCUT2D eigenvalue weighted by atomic mass is 32.1. The van der Waals surface area contributed by atoms with Crippen molar-refractivity contribution in [3.05, 3.63) is 152 Å². The van der Waals surface area contributed by atoms with Crippen LogP contribution in [-0.4, -0.2) is 4.57 Å². The summed E-state index contributed by atoms with van der Waals surface area (Å²) < 4.78 is 12.0. The Bertz CT molecular complexity index is 2740. The molecule has 0 saturated heterocycles. The number of para-hydroxylation sites is 3. The first-order valence-electron chi connectivity index (χ1n) is 15.3. The van der Waals surface area contributed by atoms with Crippen LogP contribution in [0.2, 0.25) is 0 Å². The second-order valence-electron chi connectivity index (χ2n) is 11.7. The Kier molecular flexibility index (Phi) is 5.19. The van der Waals surface area contributed by atoms with Gasteiger partial charge in [-0.05, 0) is 41.0 Å². The first-order valence-corrected chi connectivity index (χ1v) is 16.1. The van der Waals surface area contributed by atoms with Crippen LogP contribution in [0.1, 0.15) is 0 Å². The Morgan fingerprint density at radius 3 is 1.96 bits per heavy atom. The lowest BCUT2D eigenvalue weighted by Gasteiger charge is -2.08. The van der Waals surface area contributed by atoms with Crippen molar-refractivity contribution >= 4 is 75.3 Å². The van der Waals surface area contributed by atoms with Gasteiger partial charge in [-0.1, -0.05) is 127 Å². The van der Waals surface area contributed by atoms with Gasteiger partial charge < -0.3 is 8.98 Å². The van der Waals surface area contributed by atoms with Crippen LogP contribution in [-0.2, 0) is 0 Å². The molecule has 3 heterocycles. The fraction of sp³-hybridized carbons (Fsp3) is 0. The fourth-order valence-electron chi connectivity index (χ4n) is 7.18. The molecule has 7 aromatic carbocycles. The summed E-state index contributed by atoms with van der Waals surface area (Å²) in [5, 5.41) is 7.45. The van der Waals surface area contributed by atoms with E-state index in [9.17, 15) is 0 Å². The zero-order valence-corrected chi connectivity index (χ0v) is 25.0. The predicted octanol–water partition coefficient (Wildman–Crippen LogP) is 12.4. The first-order chi connectivity index (χ1) is 22.3. The van der Waals surface area contributed by atoms with Gasteiger partial charge in [-0.25, -0.2) is 0 Å². The second kappa shape index (κ2) is 9.43. The maximum absolute atomic E-state index is 6.92. The van der Waals surface area contributed by atoms with E-state index in [-0.39, 0.29) is 0 Å². The van der Waals surface area contributed by atoms with E-state index in [0.29, 0.717) is 0 Å². The number of nitrogens with zero attached hydrogens (tertiary/aromatic N) is 1. The van der Waals surface area contributed by atoms with Crippen molar-refractivity contribution in [2.45, 2.75) is 0 Å². The Morgan fingerprint density at radius 2 is 1.09 bits per heavy atom. The van der Waals surface area contributed by atoms with Gasteiger partial charge in [0.1, 0.15) is 5.58 Å². The quantitative estimate of drug-likeness (QED) is 0.200. The van der Waals surface area contributed by atoms with Crippen molar-refractivity contribution < 1.29 is 4.42 Å². The van der Waals surface area contributed by atoms with Gasteiger partial charge in [0, 0.05) is 47.3 Å². The molecule has 3 aromatic heterocycles. The van der Waals surface area contributed by atoms with E-state index >= 15 is 0 Å². The predicted molar refractivity (Wildman–Crippen MR) is 192 cm³/mol. The molecular formula is C42H25NOS. The SMILES string of the molecule is c1ccc(-c2ccc(-c3cccc4c3oc3c(-n5c6ccccc6c6c7sc8ccccc8c7ccc65)cccc34)cc2)cc1. The van der Waals surface area contributed by atoms with Crippen LogP contribution in [0.4, 0.5) is 0 Å². The lowest BCUT2D eigenvalue weighted by molar-refractivity contribution is 0.667. The molecule has 0 amide bonds. The monoisotopic (exact) mass is 591 g/mol. The molecule has 10 aromatic rings. The molecule has 10 rings (SSSR count). The van der Waals surface area contributed by atoms with Crippen molar-refractivity contribution in [2.24, 2.45) is 0 Å². The van der Waals surface area contributed by atoms with Crippen LogP contribution in [0.25, 0.3) is 91.9 Å². The smallest absolute Gasteiger partial charge is 0.159 e. The van der Waals surface area contributed by atoms with Crippen molar-refractivity contribution in [3.8, 4) is 27.9 Å². The number of hydrogen-bond acceptors (Lipinski definition) is 2. The van der Waals surface area contributed by atoms with E-state index in [4.69, 9.17) is 4.42 Å². The molecule has 0 fully saturated rings. The van der Waals surface area contributed by atoms with Crippen molar-refractivity contribution in [2.75, 3.05) is 0 Å². The highest BCUT2D eigenvalue weighted by Gasteiger charge is 2.21. The van der Waals surface area contributed by atoms with Gasteiger partial charge in [0.2, 0.25) is 0 Å². The number of furan rings is 1. The number of aromatic nitrogens is 1. The van der Waals surface area contributed by atoms with Gasteiger partial charge in [0.05, 0.1) is 16.7 Å². The Balaban J connectivity index is 1.22. The number of rotatable bonds is 3. The second-order valence-corrected chi connectivity index (χ2v) is 12.7. The van der Waals surface area contributed by atoms with E-state index < -0.39 is 0 Å². The lowest BCUT2D eigenvalue weighted by atomic mass is 9.99. The summed E-state index contributed by atoms with van der Waals surface area (Å²) in [6.45, 7) is 0. The standard InChI is InChI=1S/C42H25NOS/c1-2-10-26(11-3-1)27-20-22-28(23-21-27)29-14-8-15-31-32-16-9-18-37(41(32)44-40(29)31)43-35-17-6-4-13-34(35)39-36(43)25-24-33-30-12-5-7-19-38(30)45-42(33)39/h1-25H. The molecule has 2 nitrogen and oxygen atoms in total. The minimum absolute atomic E-state index is 0.903. The van der Waals surface area contributed by atoms with Crippen molar-refractivity contribution in [1.29, 1.82) is 0 Å². The van der Waals surface area contributed by atoms with E-state index in [2.05, 4.69) is 156 Å². The van der Waals surface area contributed by atoms with E-state index in [0.717, 1.165) is 38.8 Å². The zero-order chi connectivity index (χ0) is 29.5. The Labute approximate surface area is 263 Å². The van der Waals surface area contributed by atoms with Gasteiger partial charge in [0.15, 0.2) is 5.58 Å². The zero-order valence-electron chi connectivity index (χ0n) is 24.2. The molecule has 0 bridgehead atoms. The number of benzene rings is 7. The molecule has 45 heavy (non-hydrogen) atoms. The molecule has 0 aliphatic rings. The van der Waals surface area contributed by atoms with Crippen LogP contribution in [0.15, 0.2) is 156 Å². The third-order valence-electron chi connectivity index (χ3n) is 9.23. The Hall–Kier alpha value is -5.64. The topological polar surface area (TPSA) is 18.1 Å². The van der Waals surface area contributed by atoms with Crippen LogP contribution in [0.3, 0.4) is 0 Å². The fourth-order valence-corrected chi connectivity index (χ4v) is 8.44. The van der Waals surface area contributed by atoms with Gasteiger partial charge in [0.25, 0.3) is 0 Å². The summed E-state index contributed by atoms with van der Waals surface area (Å²) in [7, 11) is 0. The summed E-state index contributed by atoms with van der Waals surface area (Å²) in [5.41, 5.74) is 9.92. The molecule has 0 atom stereocenters. The summed E-state index contributed by atoms with van der Waals surface area (Å²) in [5.74, 6) is 0. The Morgan fingerprint density at radius 1 is 0.422 bits per heavy atom. The maximum atomic E-state index is 6.92. The number of hydrogen-bond donors (Lipinski definition) is 0. The minimum atomic E-state index is 0.903. The van der Waals surface area contributed by atoms with Gasteiger partial charge in [-0.3, -0.25) is 0 Å². The minimum Gasteiger partial charge on any atom is -0.453 e. The summed E-state index contributed by atoms with van der Waals surface area (Å²) in [6.07, 6.45) is 0. The molecule has 0 N–H and O–H groups in total. The summed E-state index contributed by atoms with van der Waals surface area (Å²) >= 11 is 1.88. The average Bonchev–Trinajstić information content (AvgIpc) is 3.78. The summed E-state index contributed by atoms with van der Waals surface area (Å²) in [6, 6.07) is 54.4. The van der Waals surface area contributed by atoms with E-state index in [1.165, 1.54) is 53.1 Å². The lowest BCUT2D eigenvalue weighted by Crippen LogP contribution is -1.94. The van der Waals surface area contributed by atoms with E-state index in [1.807, 2.05) is 11.3 Å². The molecule has 0 radical (unpaired) electrons. The van der Waals surface area contributed by atoms with Crippen LogP contribution in [0.5, 0.6) is 0 Å². The molecule has 0 aliphatic heterocycles. The van der Waals surface area contributed by atoms with Crippen LogP contribution >= 0.6 is 11.3 Å².